The van der Waals surface area contributed by atoms with Crippen molar-refractivity contribution in [2.75, 3.05) is 23.7 Å². The molecule has 1 fully saturated rings. The normalized spacial score (nSPS) is 17.0. The number of thiazole rings is 1. The third-order valence-corrected chi connectivity index (χ3v) is 4.13. The minimum atomic E-state index is 0.370. The summed E-state index contributed by atoms with van der Waals surface area (Å²) in [5, 5.41) is 3.14. The quantitative estimate of drug-likeness (QED) is 0.894. The highest BCUT2D eigenvalue weighted by Gasteiger charge is 2.22. The Balaban J connectivity index is 1.67. The highest BCUT2D eigenvalue weighted by Crippen LogP contribution is 2.30. The molecule has 0 amide bonds. The first-order valence-electron chi connectivity index (χ1n) is 6.06. The van der Waals surface area contributed by atoms with Crippen molar-refractivity contribution in [3.63, 3.8) is 0 Å². The molecule has 1 saturated heterocycles. The number of nitrogens with zero attached hydrogens (tertiary/aromatic N) is 4. The van der Waals surface area contributed by atoms with Gasteiger partial charge < -0.3 is 10.6 Å². The molecule has 1 aliphatic heterocycles. The van der Waals surface area contributed by atoms with Gasteiger partial charge in [-0.2, -0.15) is 0 Å². The maximum Gasteiger partial charge on any atom is 0.220 e. The van der Waals surface area contributed by atoms with E-state index in [1.807, 2.05) is 17.6 Å². The molecule has 18 heavy (non-hydrogen) atoms. The summed E-state index contributed by atoms with van der Waals surface area (Å²) in [4.78, 5) is 14.9. The van der Waals surface area contributed by atoms with Crippen LogP contribution in [0.3, 0.4) is 0 Å². The highest BCUT2D eigenvalue weighted by atomic mass is 32.1. The summed E-state index contributed by atoms with van der Waals surface area (Å²) >= 11 is 1.70. The average Bonchev–Trinajstić information content (AvgIpc) is 2.93. The van der Waals surface area contributed by atoms with Crippen molar-refractivity contribution >= 4 is 22.4 Å². The van der Waals surface area contributed by atoms with Gasteiger partial charge in [0.15, 0.2) is 5.13 Å². The van der Waals surface area contributed by atoms with E-state index in [4.69, 9.17) is 5.73 Å². The van der Waals surface area contributed by atoms with Crippen LogP contribution in [-0.4, -0.2) is 28.0 Å². The molecule has 0 aliphatic carbocycles. The van der Waals surface area contributed by atoms with E-state index in [1.54, 1.807) is 17.5 Å². The summed E-state index contributed by atoms with van der Waals surface area (Å²) in [5.41, 5.74) is 6.70. The Kier molecular flexibility index (Phi) is 3.10. The first-order chi connectivity index (χ1) is 8.83. The van der Waals surface area contributed by atoms with Gasteiger partial charge in [0.2, 0.25) is 5.95 Å². The third kappa shape index (κ3) is 2.28. The molecule has 0 unspecified atom stereocenters. The van der Waals surface area contributed by atoms with Crippen LogP contribution < -0.4 is 10.6 Å². The fourth-order valence-electron chi connectivity index (χ4n) is 2.35. The Morgan fingerprint density at radius 1 is 1.22 bits per heavy atom. The lowest BCUT2D eigenvalue weighted by atomic mass is 9.93. The van der Waals surface area contributed by atoms with Crippen molar-refractivity contribution in [3.05, 3.63) is 29.5 Å². The minimum absolute atomic E-state index is 0.370. The summed E-state index contributed by atoms with van der Waals surface area (Å²) in [6.07, 6.45) is 5.79. The molecule has 2 aromatic heterocycles. The van der Waals surface area contributed by atoms with Gasteiger partial charge in [-0.25, -0.2) is 15.0 Å². The molecule has 0 saturated carbocycles. The topological polar surface area (TPSA) is 67.9 Å². The summed E-state index contributed by atoms with van der Waals surface area (Å²) in [6.45, 7) is 2.06. The van der Waals surface area contributed by atoms with E-state index in [9.17, 15) is 0 Å². The molecule has 0 bridgehead atoms. The predicted molar refractivity (Wildman–Crippen MR) is 72.7 cm³/mol. The second-order valence-corrected chi connectivity index (χ2v) is 5.29. The van der Waals surface area contributed by atoms with Crippen LogP contribution in [-0.2, 0) is 0 Å². The van der Waals surface area contributed by atoms with Gasteiger partial charge in [-0.3, -0.25) is 0 Å². The minimum Gasteiger partial charge on any atom is -0.368 e. The van der Waals surface area contributed by atoms with Crippen LogP contribution in [0, 0.1) is 0 Å². The van der Waals surface area contributed by atoms with E-state index >= 15 is 0 Å². The Hall–Kier alpha value is -1.69. The van der Waals surface area contributed by atoms with Gasteiger partial charge in [0.05, 0.1) is 0 Å². The maximum absolute atomic E-state index is 5.63. The van der Waals surface area contributed by atoms with Gasteiger partial charge in [-0.1, -0.05) is 0 Å². The molecule has 94 valence electrons. The molecule has 1 aliphatic rings. The van der Waals surface area contributed by atoms with Gasteiger partial charge in [0, 0.05) is 42.5 Å². The Morgan fingerprint density at radius 2 is 2.06 bits per heavy atom. The first kappa shape index (κ1) is 11.4. The Labute approximate surface area is 110 Å². The fraction of sp³-hybridized carbons (Fsp3) is 0.417. The van der Waals surface area contributed by atoms with Crippen LogP contribution in [0.2, 0.25) is 0 Å². The van der Waals surface area contributed by atoms with Crippen LogP contribution in [0.1, 0.15) is 24.5 Å². The summed E-state index contributed by atoms with van der Waals surface area (Å²) < 4.78 is 0. The summed E-state index contributed by atoms with van der Waals surface area (Å²) in [5.74, 6) is 0.862. The predicted octanol–water partition coefficient (Wildman–Crippen LogP) is 1.90. The van der Waals surface area contributed by atoms with E-state index in [2.05, 4.69) is 19.9 Å². The molecular formula is C12H15N5S. The zero-order valence-electron chi connectivity index (χ0n) is 9.99. The lowest BCUT2D eigenvalue weighted by molar-refractivity contribution is 0.495. The summed E-state index contributed by atoms with van der Waals surface area (Å²) in [7, 11) is 0. The van der Waals surface area contributed by atoms with Gasteiger partial charge in [0.25, 0.3) is 0 Å². The van der Waals surface area contributed by atoms with Gasteiger partial charge in [-0.15, -0.1) is 11.3 Å². The van der Waals surface area contributed by atoms with Crippen LogP contribution in [0.4, 0.5) is 11.1 Å². The smallest absolute Gasteiger partial charge is 0.220 e. The first-order valence-corrected chi connectivity index (χ1v) is 6.94. The highest BCUT2D eigenvalue weighted by molar-refractivity contribution is 7.13. The standard InChI is InChI=1S/C12H15N5S/c13-11-14-4-1-10(16-11)9-2-6-17(7-3-9)12-15-5-8-18-12/h1,4-5,8-9H,2-3,6-7H2,(H2,13,14,16). The zero-order valence-corrected chi connectivity index (χ0v) is 10.8. The number of nitrogens with two attached hydrogens (primary N) is 1. The molecule has 0 atom stereocenters. The van der Waals surface area contributed by atoms with Crippen molar-refractivity contribution in [1.82, 2.24) is 15.0 Å². The number of aromatic nitrogens is 3. The third-order valence-electron chi connectivity index (χ3n) is 3.30. The SMILES string of the molecule is Nc1nccc(C2CCN(c3nccs3)CC2)n1. The van der Waals surface area contributed by atoms with Gasteiger partial charge >= 0.3 is 0 Å². The van der Waals surface area contributed by atoms with E-state index in [0.29, 0.717) is 11.9 Å². The van der Waals surface area contributed by atoms with E-state index in [-0.39, 0.29) is 0 Å². The van der Waals surface area contributed by atoms with Crippen molar-refractivity contribution in [2.24, 2.45) is 0 Å². The lowest BCUT2D eigenvalue weighted by Crippen LogP contribution is -2.33. The van der Waals surface area contributed by atoms with Crippen LogP contribution in [0.5, 0.6) is 0 Å². The largest absolute Gasteiger partial charge is 0.368 e. The number of nitrogen functional groups attached to an aromatic ring is 1. The maximum atomic E-state index is 5.63. The molecule has 5 nitrogen and oxygen atoms in total. The number of hydrogen-bond donors (Lipinski definition) is 1. The number of rotatable bonds is 2. The van der Waals surface area contributed by atoms with E-state index in [1.165, 1.54) is 0 Å². The second kappa shape index (κ2) is 4.89. The number of anilines is 2. The van der Waals surface area contributed by atoms with Crippen LogP contribution in [0.25, 0.3) is 0 Å². The second-order valence-electron chi connectivity index (χ2n) is 4.42. The molecule has 3 heterocycles. The zero-order chi connectivity index (χ0) is 12.4. The van der Waals surface area contributed by atoms with Crippen molar-refractivity contribution in [3.8, 4) is 0 Å². The van der Waals surface area contributed by atoms with E-state index < -0.39 is 0 Å². The molecule has 2 N–H and O–H groups in total. The van der Waals surface area contributed by atoms with Crippen molar-refractivity contribution < 1.29 is 0 Å². The molecule has 6 heteroatoms. The average molecular weight is 261 g/mol. The van der Waals surface area contributed by atoms with E-state index in [0.717, 1.165) is 36.8 Å². The monoisotopic (exact) mass is 261 g/mol. The van der Waals surface area contributed by atoms with Gasteiger partial charge in [0.1, 0.15) is 0 Å². The molecule has 2 aromatic rings. The van der Waals surface area contributed by atoms with Crippen molar-refractivity contribution in [1.29, 1.82) is 0 Å². The molecule has 0 spiro atoms. The van der Waals surface area contributed by atoms with Crippen LogP contribution >= 0.6 is 11.3 Å². The Morgan fingerprint density at radius 3 is 2.72 bits per heavy atom. The molecule has 3 rings (SSSR count). The molecule has 0 aromatic carbocycles. The van der Waals surface area contributed by atoms with Crippen molar-refractivity contribution in [2.45, 2.75) is 18.8 Å². The number of hydrogen-bond acceptors (Lipinski definition) is 6. The lowest BCUT2D eigenvalue weighted by Gasteiger charge is -2.31. The number of piperidine rings is 1. The molecular weight excluding hydrogens is 246 g/mol. The molecule has 0 radical (unpaired) electrons. The summed E-state index contributed by atoms with van der Waals surface area (Å²) in [6, 6.07) is 1.97. The van der Waals surface area contributed by atoms with Crippen LogP contribution in [0.15, 0.2) is 23.8 Å². The fourth-order valence-corrected chi connectivity index (χ4v) is 3.05. The Bertz CT molecular complexity index is 505. The van der Waals surface area contributed by atoms with Gasteiger partial charge in [-0.05, 0) is 18.9 Å².